The predicted octanol–water partition coefficient (Wildman–Crippen LogP) is 2.57. The Balaban J connectivity index is 2.72. The molecule has 94 valence electrons. The van der Waals surface area contributed by atoms with Gasteiger partial charge in [0.1, 0.15) is 5.82 Å². The lowest BCUT2D eigenvalue weighted by Crippen LogP contribution is -2.39. The van der Waals surface area contributed by atoms with Crippen molar-refractivity contribution in [3.8, 4) is 0 Å². The Hall–Kier alpha value is -0.650. The Morgan fingerprint density at radius 1 is 1.65 bits per heavy atom. The summed E-state index contributed by atoms with van der Waals surface area (Å²) >= 11 is 8.69. The number of hydrogen-bond donors (Lipinski definition) is 1. The number of carbonyl (C=O) groups is 1. The van der Waals surface area contributed by atoms with Gasteiger partial charge in [-0.25, -0.2) is 4.39 Å². The molecule has 1 N–H and O–H groups in total. The third-order valence-electron chi connectivity index (χ3n) is 2.07. The van der Waals surface area contributed by atoms with Crippen LogP contribution in [0.3, 0.4) is 0 Å². The Morgan fingerprint density at radius 3 is 2.88 bits per heavy atom. The van der Waals surface area contributed by atoms with E-state index in [9.17, 15) is 9.18 Å². The highest BCUT2D eigenvalue weighted by atomic mass is 79.9. The van der Waals surface area contributed by atoms with Crippen LogP contribution in [0.2, 0.25) is 0 Å². The van der Waals surface area contributed by atoms with Crippen LogP contribution in [0.25, 0.3) is 0 Å². The van der Waals surface area contributed by atoms with Crippen LogP contribution in [0.5, 0.6) is 0 Å². The van der Waals surface area contributed by atoms with Gasteiger partial charge in [0, 0.05) is 18.6 Å². The molecule has 1 aromatic carbocycles. The zero-order valence-corrected chi connectivity index (χ0v) is 11.5. The maximum absolute atomic E-state index is 13.0. The minimum atomic E-state index is -0.410. The van der Waals surface area contributed by atoms with Gasteiger partial charge in [0.2, 0.25) is 0 Å². The Morgan fingerprint density at radius 2 is 2.35 bits per heavy atom. The normalized spacial score (nSPS) is 12.2. The van der Waals surface area contributed by atoms with E-state index in [0.717, 1.165) is 0 Å². The molecule has 1 atom stereocenters. The second-order valence-electron chi connectivity index (χ2n) is 3.41. The van der Waals surface area contributed by atoms with Crippen molar-refractivity contribution < 1.29 is 13.9 Å². The Labute approximate surface area is 112 Å². The van der Waals surface area contributed by atoms with Gasteiger partial charge in [0.25, 0.3) is 5.91 Å². The monoisotopic (exact) mass is 323 g/mol. The van der Waals surface area contributed by atoms with Crippen molar-refractivity contribution in [1.29, 1.82) is 0 Å². The fraction of sp³-hybridized carbons (Fsp3) is 0.364. The van der Waals surface area contributed by atoms with Crippen molar-refractivity contribution in [3.63, 3.8) is 0 Å². The first-order valence-corrected chi connectivity index (χ1v) is 6.22. The van der Waals surface area contributed by atoms with Gasteiger partial charge < -0.3 is 10.1 Å². The van der Waals surface area contributed by atoms with Crippen LogP contribution in [0, 0.1) is 5.82 Å². The fourth-order valence-corrected chi connectivity index (χ4v) is 1.78. The van der Waals surface area contributed by atoms with Gasteiger partial charge in [-0.05, 0) is 34.1 Å². The van der Waals surface area contributed by atoms with E-state index in [-0.39, 0.29) is 22.3 Å². The number of nitrogens with one attached hydrogen (secondary N) is 1. The van der Waals surface area contributed by atoms with E-state index in [0.29, 0.717) is 12.2 Å². The Bertz CT molecular complexity index is 403. The molecule has 1 unspecified atom stereocenters. The standard InChI is InChI=1S/C11H12BrClFNO2/c1-17-6-8(5-13)15-11(16)7-2-3-10(14)9(12)4-7/h2-4,8H,5-6H2,1H3,(H,15,16). The molecule has 1 rings (SSSR count). The maximum atomic E-state index is 13.0. The van der Waals surface area contributed by atoms with E-state index < -0.39 is 5.82 Å². The van der Waals surface area contributed by atoms with E-state index in [1.165, 1.54) is 25.3 Å². The van der Waals surface area contributed by atoms with Crippen LogP contribution < -0.4 is 5.32 Å². The van der Waals surface area contributed by atoms with E-state index in [1.807, 2.05) is 0 Å². The molecule has 17 heavy (non-hydrogen) atoms. The summed E-state index contributed by atoms with van der Waals surface area (Å²) in [6.45, 7) is 0.331. The maximum Gasteiger partial charge on any atom is 0.251 e. The van der Waals surface area contributed by atoms with Crippen molar-refractivity contribution in [1.82, 2.24) is 5.32 Å². The van der Waals surface area contributed by atoms with Crippen molar-refractivity contribution in [3.05, 3.63) is 34.1 Å². The summed E-state index contributed by atoms with van der Waals surface area (Å²) in [7, 11) is 1.53. The van der Waals surface area contributed by atoms with Crippen LogP contribution in [0.1, 0.15) is 10.4 Å². The molecule has 0 bridgehead atoms. The molecule has 0 aliphatic carbocycles. The molecule has 0 aromatic heterocycles. The summed E-state index contributed by atoms with van der Waals surface area (Å²) in [5.74, 6) is -0.470. The quantitative estimate of drug-likeness (QED) is 0.846. The molecular formula is C11H12BrClFNO2. The minimum absolute atomic E-state index is 0.249. The molecule has 0 heterocycles. The first-order valence-electron chi connectivity index (χ1n) is 4.89. The third-order valence-corrected chi connectivity index (χ3v) is 3.05. The lowest BCUT2D eigenvalue weighted by Gasteiger charge is -2.15. The van der Waals surface area contributed by atoms with E-state index in [4.69, 9.17) is 16.3 Å². The highest BCUT2D eigenvalue weighted by molar-refractivity contribution is 9.10. The van der Waals surface area contributed by atoms with Crippen molar-refractivity contribution in [2.24, 2.45) is 0 Å². The molecule has 3 nitrogen and oxygen atoms in total. The van der Waals surface area contributed by atoms with Gasteiger partial charge in [-0.3, -0.25) is 4.79 Å². The number of alkyl halides is 1. The zero-order chi connectivity index (χ0) is 12.8. The second kappa shape index (κ2) is 6.93. The number of halogens is 3. The largest absolute Gasteiger partial charge is 0.383 e. The lowest BCUT2D eigenvalue weighted by molar-refractivity contribution is 0.0906. The Kier molecular flexibility index (Phi) is 5.88. The number of carbonyl (C=O) groups excluding carboxylic acids is 1. The molecule has 0 saturated heterocycles. The van der Waals surface area contributed by atoms with Gasteiger partial charge in [0.15, 0.2) is 0 Å². The number of hydrogen-bond acceptors (Lipinski definition) is 2. The first-order chi connectivity index (χ1) is 8.08. The first kappa shape index (κ1) is 14.4. The average molecular weight is 325 g/mol. The minimum Gasteiger partial charge on any atom is -0.383 e. The molecule has 1 aromatic rings. The topological polar surface area (TPSA) is 38.3 Å². The number of ether oxygens (including phenoxy) is 1. The van der Waals surface area contributed by atoms with Crippen molar-refractivity contribution in [2.45, 2.75) is 6.04 Å². The van der Waals surface area contributed by atoms with Gasteiger partial charge >= 0.3 is 0 Å². The second-order valence-corrected chi connectivity index (χ2v) is 4.57. The smallest absolute Gasteiger partial charge is 0.251 e. The number of methoxy groups -OCH3 is 1. The highest BCUT2D eigenvalue weighted by Gasteiger charge is 2.13. The van der Waals surface area contributed by atoms with Crippen LogP contribution in [-0.4, -0.2) is 31.5 Å². The van der Waals surface area contributed by atoms with Gasteiger partial charge in [-0.15, -0.1) is 11.6 Å². The molecule has 0 aliphatic heterocycles. The summed E-state index contributed by atoms with van der Waals surface area (Å²) in [4.78, 5) is 11.8. The summed E-state index contributed by atoms with van der Waals surface area (Å²) in [6, 6.07) is 3.79. The lowest BCUT2D eigenvalue weighted by atomic mass is 10.2. The molecule has 0 spiro atoms. The molecule has 6 heteroatoms. The molecular weight excluding hydrogens is 312 g/mol. The number of rotatable bonds is 5. The SMILES string of the molecule is COCC(CCl)NC(=O)c1ccc(F)c(Br)c1. The predicted molar refractivity (Wildman–Crippen MR) is 68.0 cm³/mol. The number of benzene rings is 1. The van der Waals surface area contributed by atoms with Crippen LogP contribution in [-0.2, 0) is 4.74 Å². The van der Waals surface area contributed by atoms with Crippen LogP contribution in [0.4, 0.5) is 4.39 Å². The summed E-state index contributed by atoms with van der Waals surface area (Å²) in [5, 5.41) is 2.69. The fourth-order valence-electron chi connectivity index (χ4n) is 1.23. The summed E-state index contributed by atoms with van der Waals surface area (Å²) in [5.41, 5.74) is 0.365. The highest BCUT2D eigenvalue weighted by Crippen LogP contribution is 2.16. The van der Waals surface area contributed by atoms with Crippen molar-refractivity contribution >= 4 is 33.4 Å². The molecule has 0 fully saturated rings. The van der Waals surface area contributed by atoms with E-state index >= 15 is 0 Å². The average Bonchev–Trinajstić information content (AvgIpc) is 2.31. The van der Waals surface area contributed by atoms with Crippen LogP contribution in [0.15, 0.2) is 22.7 Å². The molecule has 0 aliphatic rings. The molecule has 1 amide bonds. The van der Waals surface area contributed by atoms with Crippen LogP contribution >= 0.6 is 27.5 Å². The van der Waals surface area contributed by atoms with Gasteiger partial charge in [-0.2, -0.15) is 0 Å². The van der Waals surface area contributed by atoms with E-state index in [1.54, 1.807) is 0 Å². The summed E-state index contributed by atoms with van der Waals surface area (Å²) in [6.07, 6.45) is 0. The van der Waals surface area contributed by atoms with Gasteiger partial charge in [0.05, 0.1) is 17.1 Å². The van der Waals surface area contributed by atoms with E-state index in [2.05, 4.69) is 21.2 Å². The number of amides is 1. The zero-order valence-electron chi connectivity index (χ0n) is 9.17. The molecule has 0 radical (unpaired) electrons. The van der Waals surface area contributed by atoms with Gasteiger partial charge in [-0.1, -0.05) is 0 Å². The summed E-state index contributed by atoms with van der Waals surface area (Å²) < 4.78 is 18.1. The third kappa shape index (κ3) is 4.26. The van der Waals surface area contributed by atoms with Crippen molar-refractivity contribution in [2.75, 3.05) is 19.6 Å². The molecule has 0 saturated carbocycles.